The Hall–Kier alpha value is -2.37. The maximum absolute atomic E-state index is 12.4. The number of aliphatic hydroxyl groups is 1. The van der Waals surface area contributed by atoms with Crippen molar-refractivity contribution in [3.05, 3.63) is 65.7 Å². The lowest BCUT2D eigenvalue weighted by atomic mass is 10.0. The van der Waals surface area contributed by atoms with E-state index in [0.717, 1.165) is 11.1 Å². The van der Waals surface area contributed by atoms with Crippen molar-refractivity contribution in [3.8, 4) is 5.75 Å². The van der Waals surface area contributed by atoms with Crippen LogP contribution in [-0.4, -0.2) is 42.0 Å². The van der Waals surface area contributed by atoms with Crippen LogP contribution in [0.1, 0.15) is 11.1 Å². The van der Waals surface area contributed by atoms with Crippen LogP contribution in [0.3, 0.4) is 0 Å². The van der Waals surface area contributed by atoms with E-state index in [1.807, 2.05) is 30.3 Å². The van der Waals surface area contributed by atoms with Crippen LogP contribution in [0.25, 0.3) is 0 Å². The van der Waals surface area contributed by atoms with E-state index in [9.17, 15) is 15.0 Å². The van der Waals surface area contributed by atoms with Gasteiger partial charge in [0.2, 0.25) is 5.91 Å². The lowest BCUT2D eigenvalue weighted by Gasteiger charge is -2.21. The highest BCUT2D eigenvalue weighted by molar-refractivity contribution is 5.81. The smallest absolute Gasteiger partial charge is 0.249 e. The predicted molar refractivity (Wildman–Crippen MR) is 91.8 cm³/mol. The second-order valence-electron chi connectivity index (χ2n) is 5.67. The standard InChI is InChI=1S/C19H23NO4/c1-24-18(12-14-5-3-2-4-6-14)19(23)20-16(13-21)11-15-7-9-17(22)10-8-15/h2-10,16,18,21-22H,11-13H2,1H3,(H,20,23). The Morgan fingerprint density at radius 1 is 1.04 bits per heavy atom. The van der Waals surface area contributed by atoms with Crippen molar-refractivity contribution >= 4 is 5.91 Å². The summed E-state index contributed by atoms with van der Waals surface area (Å²) in [7, 11) is 1.50. The molecule has 0 aliphatic carbocycles. The number of phenols is 1. The molecule has 0 spiro atoms. The van der Waals surface area contributed by atoms with Crippen molar-refractivity contribution < 1.29 is 19.7 Å². The molecule has 2 unspecified atom stereocenters. The van der Waals surface area contributed by atoms with Gasteiger partial charge in [0.05, 0.1) is 12.6 Å². The first-order valence-corrected chi connectivity index (χ1v) is 7.88. The topological polar surface area (TPSA) is 78.8 Å². The number of aromatic hydroxyl groups is 1. The number of amides is 1. The van der Waals surface area contributed by atoms with Gasteiger partial charge in [0.1, 0.15) is 11.9 Å². The van der Waals surface area contributed by atoms with E-state index >= 15 is 0 Å². The van der Waals surface area contributed by atoms with Gasteiger partial charge in [-0.15, -0.1) is 0 Å². The fourth-order valence-corrected chi connectivity index (χ4v) is 2.48. The Morgan fingerprint density at radius 3 is 2.25 bits per heavy atom. The molecule has 2 aromatic carbocycles. The summed E-state index contributed by atoms with van der Waals surface area (Å²) in [6.45, 7) is -0.172. The van der Waals surface area contributed by atoms with Gasteiger partial charge in [-0.1, -0.05) is 42.5 Å². The maximum Gasteiger partial charge on any atom is 0.249 e. The van der Waals surface area contributed by atoms with Crippen LogP contribution in [0.15, 0.2) is 54.6 Å². The molecule has 0 aromatic heterocycles. The molecule has 0 fully saturated rings. The van der Waals surface area contributed by atoms with Crippen LogP contribution in [0.5, 0.6) is 5.75 Å². The molecule has 128 valence electrons. The lowest BCUT2D eigenvalue weighted by Crippen LogP contribution is -2.45. The molecule has 2 rings (SSSR count). The molecule has 0 radical (unpaired) electrons. The van der Waals surface area contributed by atoms with Crippen molar-refractivity contribution in [2.45, 2.75) is 25.0 Å². The summed E-state index contributed by atoms with van der Waals surface area (Å²) in [5.74, 6) is -0.0650. The molecule has 2 atom stereocenters. The minimum atomic E-state index is -0.610. The van der Waals surface area contributed by atoms with E-state index in [4.69, 9.17) is 4.74 Å². The SMILES string of the molecule is COC(Cc1ccccc1)C(=O)NC(CO)Cc1ccc(O)cc1. The highest BCUT2D eigenvalue weighted by Crippen LogP contribution is 2.12. The number of rotatable bonds is 8. The van der Waals surface area contributed by atoms with Crippen LogP contribution in [0.2, 0.25) is 0 Å². The minimum Gasteiger partial charge on any atom is -0.508 e. The monoisotopic (exact) mass is 329 g/mol. The van der Waals surface area contributed by atoms with Gasteiger partial charge in [0, 0.05) is 13.5 Å². The Morgan fingerprint density at radius 2 is 1.67 bits per heavy atom. The molecule has 0 bridgehead atoms. The van der Waals surface area contributed by atoms with Gasteiger partial charge in [-0.3, -0.25) is 4.79 Å². The second-order valence-corrected chi connectivity index (χ2v) is 5.67. The first-order valence-electron chi connectivity index (χ1n) is 7.88. The van der Waals surface area contributed by atoms with Crippen LogP contribution < -0.4 is 5.32 Å². The third-order valence-electron chi connectivity index (χ3n) is 3.83. The van der Waals surface area contributed by atoms with E-state index in [2.05, 4.69) is 5.32 Å². The molecule has 5 nitrogen and oxygen atoms in total. The van der Waals surface area contributed by atoms with Crippen molar-refractivity contribution in [2.24, 2.45) is 0 Å². The molecule has 0 heterocycles. The van der Waals surface area contributed by atoms with Crippen molar-refractivity contribution in [3.63, 3.8) is 0 Å². The zero-order chi connectivity index (χ0) is 17.4. The van der Waals surface area contributed by atoms with Crippen LogP contribution in [0, 0.1) is 0 Å². The Kier molecular flexibility index (Phi) is 6.78. The van der Waals surface area contributed by atoms with Gasteiger partial charge >= 0.3 is 0 Å². The molecule has 2 aromatic rings. The number of nitrogens with one attached hydrogen (secondary N) is 1. The summed E-state index contributed by atoms with van der Waals surface area (Å²) in [5, 5.41) is 21.7. The van der Waals surface area contributed by atoms with E-state index in [-0.39, 0.29) is 18.3 Å². The number of ether oxygens (including phenoxy) is 1. The van der Waals surface area contributed by atoms with Crippen LogP contribution in [-0.2, 0) is 22.4 Å². The average molecular weight is 329 g/mol. The first kappa shape index (κ1) is 18.0. The fourth-order valence-electron chi connectivity index (χ4n) is 2.48. The number of benzene rings is 2. The number of hydrogen-bond acceptors (Lipinski definition) is 4. The summed E-state index contributed by atoms with van der Waals surface area (Å²) in [5.41, 5.74) is 1.93. The Bertz CT molecular complexity index is 628. The molecule has 1 amide bonds. The van der Waals surface area contributed by atoms with E-state index < -0.39 is 12.1 Å². The number of carbonyl (C=O) groups is 1. The Labute approximate surface area is 141 Å². The van der Waals surface area contributed by atoms with Crippen molar-refractivity contribution in [2.75, 3.05) is 13.7 Å². The fraction of sp³-hybridized carbons (Fsp3) is 0.316. The maximum atomic E-state index is 12.4. The molecule has 5 heteroatoms. The number of methoxy groups -OCH3 is 1. The number of aliphatic hydroxyl groups excluding tert-OH is 1. The second kappa shape index (κ2) is 9.05. The summed E-state index contributed by atoms with van der Waals surface area (Å²) in [6.07, 6.45) is 0.339. The zero-order valence-electron chi connectivity index (χ0n) is 13.7. The third-order valence-corrected chi connectivity index (χ3v) is 3.83. The quantitative estimate of drug-likeness (QED) is 0.688. The van der Waals surface area contributed by atoms with Crippen molar-refractivity contribution in [1.82, 2.24) is 5.32 Å². The zero-order valence-corrected chi connectivity index (χ0v) is 13.7. The summed E-state index contributed by atoms with van der Waals surface area (Å²) < 4.78 is 5.30. The van der Waals surface area contributed by atoms with E-state index in [1.165, 1.54) is 7.11 Å². The molecule has 24 heavy (non-hydrogen) atoms. The largest absolute Gasteiger partial charge is 0.508 e. The van der Waals surface area contributed by atoms with Gasteiger partial charge in [0.15, 0.2) is 0 Å². The van der Waals surface area contributed by atoms with Gasteiger partial charge in [-0.2, -0.15) is 0 Å². The van der Waals surface area contributed by atoms with E-state index in [1.54, 1.807) is 24.3 Å². The summed E-state index contributed by atoms with van der Waals surface area (Å²) >= 11 is 0. The first-order chi connectivity index (χ1) is 11.6. The molecule has 0 saturated heterocycles. The number of hydrogen-bond donors (Lipinski definition) is 3. The summed E-state index contributed by atoms with van der Waals surface area (Å²) in [4.78, 5) is 12.4. The lowest BCUT2D eigenvalue weighted by molar-refractivity contribution is -0.132. The summed E-state index contributed by atoms with van der Waals surface area (Å²) in [6, 6.07) is 15.9. The van der Waals surface area contributed by atoms with Gasteiger partial charge in [0.25, 0.3) is 0 Å². The highest BCUT2D eigenvalue weighted by atomic mass is 16.5. The average Bonchev–Trinajstić information content (AvgIpc) is 2.61. The van der Waals surface area contributed by atoms with Gasteiger partial charge in [-0.05, 0) is 29.7 Å². The molecule has 3 N–H and O–H groups in total. The normalized spacial score (nSPS) is 13.2. The molecule has 0 saturated carbocycles. The molecular formula is C19H23NO4. The van der Waals surface area contributed by atoms with Crippen LogP contribution in [0.4, 0.5) is 0 Å². The van der Waals surface area contributed by atoms with Gasteiger partial charge < -0.3 is 20.3 Å². The number of phenolic OH excluding ortho intramolecular Hbond substituents is 1. The molecule has 0 aliphatic rings. The minimum absolute atomic E-state index is 0.172. The van der Waals surface area contributed by atoms with Crippen molar-refractivity contribution in [1.29, 1.82) is 0 Å². The van der Waals surface area contributed by atoms with Gasteiger partial charge in [-0.25, -0.2) is 0 Å². The third kappa shape index (κ3) is 5.37. The Balaban J connectivity index is 1.95. The highest BCUT2D eigenvalue weighted by Gasteiger charge is 2.21. The van der Waals surface area contributed by atoms with Crippen LogP contribution >= 0.6 is 0 Å². The molecule has 0 aliphatic heterocycles. The van der Waals surface area contributed by atoms with E-state index in [0.29, 0.717) is 12.8 Å². The molecular weight excluding hydrogens is 306 g/mol. The predicted octanol–water partition coefficient (Wildman–Crippen LogP) is 1.67. The number of carbonyl (C=O) groups excluding carboxylic acids is 1.